The zero-order valence-electron chi connectivity index (χ0n) is 8.21. The molecule has 0 amide bonds. The van der Waals surface area contributed by atoms with E-state index >= 15 is 0 Å². The molecular weight excluding hydrogens is 164 g/mol. The summed E-state index contributed by atoms with van der Waals surface area (Å²) < 4.78 is 5.42. The van der Waals surface area contributed by atoms with Gasteiger partial charge in [-0.3, -0.25) is 4.98 Å². The van der Waals surface area contributed by atoms with E-state index < -0.39 is 0 Å². The molecule has 1 N–H and O–H groups in total. The van der Waals surface area contributed by atoms with Crippen molar-refractivity contribution in [2.45, 2.75) is 13.3 Å². The van der Waals surface area contributed by atoms with Crippen molar-refractivity contribution in [3.63, 3.8) is 0 Å². The lowest BCUT2D eigenvalue weighted by Crippen LogP contribution is -2.15. The van der Waals surface area contributed by atoms with Crippen molar-refractivity contribution in [1.82, 2.24) is 10.3 Å². The highest BCUT2D eigenvalue weighted by Gasteiger charge is 1.93. The molecule has 0 saturated carbocycles. The van der Waals surface area contributed by atoms with Crippen LogP contribution >= 0.6 is 0 Å². The van der Waals surface area contributed by atoms with Crippen molar-refractivity contribution >= 4 is 0 Å². The molecule has 1 aromatic heterocycles. The minimum atomic E-state index is 0.684. The maximum atomic E-state index is 5.42. The molecule has 0 saturated heterocycles. The molecule has 0 fully saturated rings. The lowest BCUT2D eigenvalue weighted by atomic mass is 10.3. The second-order valence-corrected chi connectivity index (χ2v) is 2.79. The highest BCUT2D eigenvalue weighted by Crippen LogP contribution is 2.08. The summed E-state index contributed by atoms with van der Waals surface area (Å²) in [5, 5.41) is 3.02. The van der Waals surface area contributed by atoms with Crippen molar-refractivity contribution in [2.24, 2.45) is 0 Å². The Bertz CT molecular complexity index is 233. The quantitative estimate of drug-likeness (QED) is 0.692. The Morgan fingerprint density at radius 1 is 1.46 bits per heavy atom. The molecule has 0 aromatic carbocycles. The summed E-state index contributed by atoms with van der Waals surface area (Å²) in [5.41, 5.74) is 1.10. The summed E-state index contributed by atoms with van der Waals surface area (Å²) in [6.45, 7) is 3.63. The van der Waals surface area contributed by atoms with E-state index in [0.717, 1.165) is 24.4 Å². The molecule has 0 unspecified atom stereocenters. The van der Waals surface area contributed by atoms with Crippen molar-refractivity contribution in [3.8, 4) is 5.75 Å². The number of aromatic nitrogens is 1. The predicted octanol–water partition coefficient (Wildman–Crippen LogP) is 1.24. The van der Waals surface area contributed by atoms with Crippen molar-refractivity contribution in [1.29, 1.82) is 0 Å². The first-order chi connectivity index (χ1) is 6.36. The standard InChI is InChI=1S/C10H16N2O/c1-3-9-4-5-10(8-12-9)13-7-6-11-2/h4-5,8,11H,3,6-7H2,1-2H3. The van der Waals surface area contributed by atoms with E-state index in [0.29, 0.717) is 6.61 Å². The highest BCUT2D eigenvalue weighted by molar-refractivity contribution is 5.19. The number of ether oxygens (including phenoxy) is 1. The Hall–Kier alpha value is -1.09. The zero-order chi connectivity index (χ0) is 9.52. The van der Waals surface area contributed by atoms with Crippen LogP contribution in [0.3, 0.4) is 0 Å². The lowest BCUT2D eigenvalue weighted by Gasteiger charge is -2.05. The molecule has 3 heteroatoms. The summed E-state index contributed by atoms with van der Waals surface area (Å²) in [4.78, 5) is 4.23. The second-order valence-electron chi connectivity index (χ2n) is 2.79. The van der Waals surface area contributed by atoms with Gasteiger partial charge in [-0.15, -0.1) is 0 Å². The van der Waals surface area contributed by atoms with Crippen LogP contribution in [0.5, 0.6) is 5.75 Å². The Morgan fingerprint density at radius 3 is 2.85 bits per heavy atom. The molecule has 72 valence electrons. The van der Waals surface area contributed by atoms with Gasteiger partial charge in [0.2, 0.25) is 0 Å². The van der Waals surface area contributed by atoms with Crippen molar-refractivity contribution < 1.29 is 4.74 Å². The maximum Gasteiger partial charge on any atom is 0.137 e. The summed E-state index contributed by atoms with van der Waals surface area (Å²) >= 11 is 0. The lowest BCUT2D eigenvalue weighted by molar-refractivity contribution is 0.317. The van der Waals surface area contributed by atoms with Gasteiger partial charge in [0.25, 0.3) is 0 Å². The third kappa shape index (κ3) is 3.42. The molecule has 0 spiro atoms. The molecule has 0 aliphatic rings. The highest BCUT2D eigenvalue weighted by atomic mass is 16.5. The molecule has 0 aliphatic heterocycles. The third-order valence-corrected chi connectivity index (χ3v) is 1.78. The van der Waals surface area contributed by atoms with Crippen LogP contribution in [-0.4, -0.2) is 25.2 Å². The summed E-state index contributed by atoms with van der Waals surface area (Å²) in [6.07, 6.45) is 2.74. The van der Waals surface area contributed by atoms with E-state index in [2.05, 4.69) is 17.2 Å². The minimum Gasteiger partial charge on any atom is -0.491 e. The van der Waals surface area contributed by atoms with Crippen LogP contribution in [0.2, 0.25) is 0 Å². The van der Waals surface area contributed by atoms with E-state index in [1.807, 2.05) is 19.2 Å². The molecule has 13 heavy (non-hydrogen) atoms. The molecule has 1 rings (SSSR count). The number of hydrogen-bond acceptors (Lipinski definition) is 3. The summed E-state index contributed by atoms with van der Waals surface area (Å²) in [6, 6.07) is 3.95. The van der Waals surface area contributed by atoms with Gasteiger partial charge >= 0.3 is 0 Å². The van der Waals surface area contributed by atoms with E-state index in [1.165, 1.54) is 0 Å². The van der Waals surface area contributed by atoms with Crippen LogP contribution in [0.4, 0.5) is 0 Å². The first-order valence-electron chi connectivity index (χ1n) is 4.59. The van der Waals surface area contributed by atoms with Gasteiger partial charge in [-0.05, 0) is 25.6 Å². The molecule has 1 aromatic rings. The van der Waals surface area contributed by atoms with Crippen LogP contribution in [-0.2, 0) is 6.42 Å². The number of likely N-dealkylation sites (N-methyl/N-ethyl adjacent to an activating group) is 1. The average molecular weight is 180 g/mol. The zero-order valence-corrected chi connectivity index (χ0v) is 8.21. The van der Waals surface area contributed by atoms with Gasteiger partial charge in [-0.1, -0.05) is 6.92 Å². The van der Waals surface area contributed by atoms with Crippen LogP contribution in [0.25, 0.3) is 0 Å². The average Bonchev–Trinajstić information content (AvgIpc) is 2.19. The first-order valence-corrected chi connectivity index (χ1v) is 4.59. The van der Waals surface area contributed by atoms with Crippen LogP contribution < -0.4 is 10.1 Å². The van der Waals surface area contributed by atoms with Gasteiger partial charge in [0, 0.05) is 12.2 Å². The smallest absolute Gasteiger partial charge is 0.137 e. The molecular formula is C10H16N2O. The summed E-state index contributed by atoms with van der Waals surface area (Å²) in [5.74, 6) is 0.840. The van der Waals surface area contributed by atoms with Crippen molar-refractivity contribution in [2.75, 3.05) is 20.2 Å². The van der Waals surface area contributed by atoms with E-state index in [-0.39, 0.29) is 0 Å². The van der Waals surface area contributed by atoms with Gasteiger partial charge in [-0.2, -0.15) is 0 Å². The number of hydrogen-bond donors (Lipinski definition) is 1. The predicted molar refractivity (Wildman–Crippen MR) is 53.0 cm³/mol. The largest absolute Gasteiger partial charge is 0.491 e. The molecule has 0 radical (unpaired) electrons. The van der Waals surface area contributed by atoms with Crippen molar-refractivity contribution in [3.05, 3.63) is 24.0 Å². The second kappa shape index (κ2) is 5.54. The van der Waals surface area contributed by atoms with E-state index in [4.69, 9.17) is 4.74 Å². The Labute approximate surface area is 79.1 Å². The maximum absolute atomic E-state index is 5.42. The molecule has 0 aliphatic carbocycles. The minimum absolute atomic E-state index is 0.684. The fraction of sp³-hybridized carbons (Fsp3) is 0.500. The van der Waals surface area contributed by atoms with Gasteiger partial charge in [0.15, 0.2) is 0 Å². The Balaban J connectivity index is 2.40. The van der Waals surface area contributed by atoms with Crippen LogP contribution in [0.15, 0.2) is 18.3 Å². The van der Waals surface area contributed by atoms with E-state index in [9.17, 15) is 0 Å². The van der Waals surface area contributed by atoms with E-state index in [1.54, 1.807) is 6.20 Å². The number of nitrogens with one attached hydrogen (secondary N) is 1. The number of pyridine rings is 1. The van der Waals surface area contributed by atoms with Gasteiger partial charge < -0.3 is 10.1 Å². The molecule has 3 nitrogen and oxygen atoms in total. The normalized spacial score (nSPS) is 10.0. The number of aryl methyl sites for hydroxylation is 1. The van der Waals surface area contributed by atoms with Gasteiger partial charge in [-0.25, -0.2) is 0 Å². The number of rotatable bonds is 5. The summed E-state index contributed by atoms with van der Waals surface area (Å²) in [7, 11) is 1.90. The fourth-order valence-electron chi connectivity index (χ4n) is 0.976. The number of nitrogens with zero attached hydrogens (tertiary/aromatic N) is 1. The Morgan fingerprint density at radius 2 is 2.31 bits per heavy atom. The third-order valence-electron chi connectivity index (χ3n) is 1.78. The van der Waals surface area contributed by atoms with Gasteiger partial charge in [0.05, 0.1) is 6.20 Å². The molecule has 1 heterocycles. The van der Waals surface area contributed by atoms with Gasteiger partial charge in [0.1, 0.15) is 12.4 Å². The van der Waals surface area contributed by atoms with Crippen LogP contribution in [0, 0.1) is 0 Å². The fourth-order valence-corrected chi connectivity index (χ4v) is 0.976. The molecule has 0 atom stereocenters. The van der Waals surface area contributed by atoms with Crippen LogP contribution in [0.1, 0.15) is 12.6 Å². The SMILES string of the molecule is CCc1ccc(OCCNC)cn1. The topological polar surface area (TPSA) is 34.1 Å². The Kier molecular flexibility index (Phi) is 4.26. The first kappa shape index (κ1) is 9.99. The molecule has 0 bridgehead atoms. The monoisotopic (exact) mass is 180 g/mol.